The van der Waals surface area contributed by atoms with Gasteiger partial charge in [-0.2, -0.15) is 0 Å². The van der Waals surface area contributed by atoms with E-state index in [1.54, 1.807) is 7.05 Å². The molecule has 1 aromatic rings. The van der Waals surface area contributed by atoms with Crippen molar-refractivity contribution in [3.63, 3.8) is 0 Å². The highest BCUT2D eigenvalue weighted by Gasteiger charge is 2.08. The second-order valence-corrected chi connectivity index (χ2v) is 5.84. The van der Waals surface area contributed by atoms with E-state index >= 15 is 0 Å². The number of hydrogen-bond acceptors (Lipinski definition) is 3. The summed E-state index contributed by atoms with van der Waals surface area (Å²) < 4.78 is 23.5. The van der Waals surface area contributed by atoms with Crippen LogP contribution in [0.15, 0.2) is 30.3 Å². The van der Waals surface area contributed by atoms with E-state index < -0.39 is 10.0 Å². The number of nitrogens with zero attached hydrogens (tertiary/aromatic N) is 1. The largest absolute Gasteiger partial charge is 0.311 e. The van der Waals surface area contributed by atoms with Gasteiger partial charge in [-0.3, -0.25) is 0 Å². The first kappa shape index (κ1) is 13.2. The summed E-state index contributed by atoms with van der Waals surface area (Å²) in [4.78, 5) is 0. The Kier molecular flexibility index (Phi) is 4.92. The predicted molar refractivity (Wildman–Crippen MR) is 65.6 cm³/mol. The maximum Gasteiger partial charge on any atom is 0.210 e. The molecule has 0 spiro atoms. The summed E-state index contributed by atoms with van der Waals surface area (Å²) in [6, 6.07) is 10.0. The van der Waals surface area contributed by atoms with Gasteiger partial charge in [-0.15, -0.1) is 0 Å². The van der Waals surface area contributed by atoms with Gasteiger partial charge in [0.2, 0.25) is 10.0 Å². The molecule has 1 N–H and O–H groups in total. The van der Waals surface area contributed by atoms with Crippen LogP contribution in [-0.2, 0) is 16.6 Å². The molecule has 1 aromatic carbocycles. The van der Waals surface area contributed by atoms with Crippen LogP contribution in [0.4, 0.5) is 0 Å². The SMILES string of the molecule is CN(CCNCc1ccccc1)S(C)(=O)=O. The van der Waals surface area contributed by atoms with Gasteiger partial charge < -0.3 is 5.32 Å². The second kappa shape index (κ2) is 5.98. The van der Waals surface area contributed by atoms with Crippen molar-refractivity contribution in [1.82, 2.24) is 9.62 Å². The molecule has 0 radical (unpaired) electrons. The molecule has 0 bridgehead atoms. The van der Waals surface area contributed by atoms with Crippen molar-refractivity contribution >= 4 is 10.0 Å². The molecule has 1 rings (SSSR count). The lowest BCUT2D eigenvalue weighted by atomic mass is 10.2. The fraction of sp³-hybridized carbons (Fsp3) is 0.455. The van der Waals surface area contributed by atoms with E-state index in [2.05, 4.69) is 5.32 Å². The fourth-order valence-electron chi connectivity index (χ4n) is 1.23. The molecular formula is C11H18N2O2S. The van der Waals surface area contributed by atoms with Crippen LogP contribution in [0.3, 0.4) is 0 Å². The Balaban J connectivity index is 2.23. The number of nitrogens with one attached hydrogen (secondary N) is 1. The van der Waals surface area contributed by atoms with E-state index in [4.69, 9.17) is 0 Å². The number of benzene rings is 1. The van der Waals surface area contributed by atoms with Crippen molar-refractivity contribution in [1.29, 1.82) is 0 Å². The number of likely N-dealkylation sites (N-methyl/N-ethyl adjacent to an activating group) is 1. The molecule has 90 valence electrons. The number of rotatable bonds is 6. The average molecular weight is 242 g/mol. The van der Waals surface area contributed by atoms with Gasteiger partial charge in [-0.05, 0) is 5.56 Å². The molecule has 4 nitrogen and oxygen atoms in total. The van der Waals surface area contributed by atoms with Gasteiger partial charge in [-0.1, -0.05) is 30.3 Å². The Morgan fingerprint density at radius 3 is 2.44 bits per heavy atom. The molecule has 0 aliphatic rings. The van der Waals surface area contributed by atoms with Crippen molar-refractivity contribution < 1.29 is 8.42 Å². The number of sulfonamides is 1. The maximum absolute atomic E-state index is 11.1. The van der Waals surface area contributed by atoms with Crippen molar-refractivity contribution in [2.75, 3.05) is 26.4 Å². The van der Waals surface area contributed by atoms with Gasteiger partial charge in [0, 0.05) is 26.7 Å². The standard InChI is InChI=1S/C11H18N2O2S/c1-13(16(2,14)15)9-8-12-10-11-6-4-3-5-7-11/h3-7,12H,8-10H2,1-2H3. The third-order valence-corrected chi connectivity index (χ3v) is 3.66. The fourth-order valence-corrected chi connectivity index (χ4v) is 1.65. The molecule has 0 fully saturated rings. The Labute approximate surface area is 97.3 Å². The Morgan fingerprint density at radius 1 is 1.25 bits per heavy atom. The highest BCUT2D eigenvalue weighted by atomic mass is 32.2. The molecule has 0 aliphatic heterocycles. The van der Waals surface area contributed by atoms with E-state index in [9.17, 15) is 8.42 Å². The first-order valence-corrected chi connectivity index (χ1v) is 7.01. The number of hydrogen-bond donors (Lipinski definition) is 1. The zero-order valence-corrected chi connectivity index (χ0v) is 10.5. The minimum absolute atomic E-state index is 0.492. The van der Waals surface area contributed by atoms with E-state index in [0.29, 0.717) is 13.1 Å². The van der Waals surface area contributed by atoms with Crippen LogP contribution in [0.1, 0.15) is 5.56 Å². The second-order valence-electron chi connectivity index (χ2n) is 3.75. The summed E-state index contributed by atoms with van der Waals surface area (Å²) in [6.07, 6.45) is 1.21. The van der Waals surface area contributed by atoms with E-state index in [0.717, 1.165) is 6.54 Å². The van der Waals surface area contributed by atoms with Crippen molar-refractivity contribution in [3.8, 4) is 0 Å². The zero-order valence-electron chi connectivity index (χ0n) is 9.68. The average Bonchev–Trinajstić information content (AvgIpc) is 2.24. The van der Waals surface area contributed by atoms with Crippen LogP contribution in [0, 0.1) is 0 Å². The molecule has 0 atom stereocenters. The van der Waals surface area contributed by atoms with Crippen LogP contribution in [0.2, 0.25) is 0 Å². The van der Waals surface area contributed by atoms with Gasteiger partial charge in [0.05, 0.1) is 6.26 Å². The van der Waals surface area contributed by atoms with Crippen molar-refractivity contribution in [3.05, 3.63) is 35.9 Å². The van der Waals surface area contributed by atoms with Crippen molar-refractivity contribution in [2.45, 2.75) is 6.54 Å². The van der Waals surface area contributed by atoms with Crippen LogP contribution in [-0.4, -0.2) is 39.1 Å². The quantitative estimate of drug-likeness (QED) is 0.746. The smallest absolute Gasteiger partial charge is 0.210 e. The summed E-state index contributed by atoms with van der Waals surface area (Å²) in [5, 5.41) is 3.20. The lowest BCUT2D eigenvalue weighted by molar-refractivity contribution is 0.463. The molecule has 0 amide bonds. The van der Waals surface area contributed by atoms with Gasteiger partial charge in [-0.25, -0.2) is 12.7 Å². The minimum Gasteiger partial charge on any atom is -0.311 e. The highest BCUT2D eigenvalue weighted by Crippen LogP contribution is 1.97. The van der Waals surface area contributed by atoms with E-state index in [1.807, 2.05) is 30.3 Å². The van der Waals surface area contributed by atoms with E-state index in [-0.39, 0.29) is 0 Å². The third kappa shape index (κ3) is 4.74. The monoisotopic (exact) mass is 242 g/mol. The van der Waals surface area contributed by atoms with Crippen LogP contribution < -0.4 is 5.32 Å². The highest BCUT2D eigenvalue weighted by molar-refractivity contribution is 7.88. The summed E-state index contributed by atoms with van der Waals surface area (Å²) in [5.74, 6) is 0. The molecule has 0 aromatic heterocycles. The molecule has 0 saturated heterocycles. The van der Waals surface area contributed by atoms with Crippen molar-refractivity contribution in [2.24, 2.45) is 0 Å². The van der Waals surface area contributed by atoms with Gasteiger partial charge in [0.1, 0.15) is 0 Å². The molecule has 0 saturated carbocycles. The minimum atomic E-state index is -3.05. The summed E-state index contributed by atoms with van der Waals surface area (Å²) in [7, 11) is -1.47. The van der Waals surface area contributed by atoms with Gasteiger partial charge in [0.15, 0.2) is 0 Å². The zero-order chi connectivity index (χ0) is 12.0. The summed E-state index contributed by atoms with van der Waals surface area (Å²) in [5.41, 5.74) is 1.20. The lowest BCUT2D eigenvalue weighted by Crippen LogP contribution is -2.32. The predicted octanol–water partition coefficient (Wildman–Crippen LogP) is 0.668. The molecule has 0 unspecified atom stereocenters. The summed E-state index contributed by atoms with van der Waals surface area (Å²) in [6.45, 7) is 1.91. The first-order chi connectivity index (χ1) is 7.50. The lowest BCUT2D eigenvalue weighted by Gasteiger charge is -2.14. The topological polar surface area (TPSA) is 49.4 Å². The maximum atomic E-state index is 11.1. The summed E-state index contributed by atoms with van der Waals surface area (Å²) >= 11 is 0. The first-order valence-electron chi connectivity index (χ1n) is 5.16. The molecule has 16 heavy (non-hydrogen) atoms. The van der Waals surface area contributed by atoms with Gasteiger partial charge >= 0.3 is 0 Å². The Hall–Kier alpha value is -0.910. The van der Waals surface area contributed by atoms with Crippen LogP contribution >= 0.6 is 0 Å². The third-order valence-electron chi connectivity index (χ3n) is 2.34. The van der Waals surface area contributed by atoms with E-state index in [1.165, 1.54) is 16.1 Å². The van der Waals surface area contributed by atoms with Crippen LogP contribution in [0.5, 0.6) is 0 Å². The Morgan fingerprint density at radius 2 is 1.88 bits per heavy atom. The Bertz CT molecular complexity index is 403. The normalized spacial score (nSPS) is 11.9. The molecular weight excluding hydrogens is 224 g/mol. The van der Waals surface area contributed by atoms with Gasteiger partial charge in [0.25, 0.3) is 0 Å². The molecule has 0 heterocycles. The van der Waals surface area contributed by atoms with Crippen LogP contribution in [0.25, 0.3) is 0 Å². The molecule has 5 heteroatoms. The molecule has 0 aliphatic carbocycles.